The van der Waals surface area contributed by atoms with Crippen LogP contribution in [0.5, 0.6) is 0 Å². The molecule has 0 atom stereocenters. The van der Waals surface area contributed by atoms with Gasteiger partial charge in [-0.05, 0) is 37.3 Å². The Kier molecular flexibility index (Phi) is 5.87. The van der Waals surface area contributed by atoms with Crippen molar-refractivity contribution in [3.8, 4) is 0 Å². The number of nitrogen functional groups attached to an aromatic ring is 1. The van der Waals surface area contributed by atoms with Gasteiger partial charge in [-0.2, -0.15) is 4.98 Å². The number of aryl methyl sites for hydroxylation is 2. The van der Waals surface area contributed by atoms with Crippen LogP contribution in [-0.4, -0.2) is 26.7 Å². The van der Waals surface area contributed by atoms with Crippen LogP contribution < -0.4 is 11.1 Å². The molecule has 2 rings (SSSR count). The molecule has 0 saturated heterocycles. The van der Waals surface area contributed by atoms with Crippen LogP contribution in [0.3, 0.4) is 0 Å². The van der Waals surface area contributed by atoms with Crippen molar-refractivity contribution in [1.82, 2.24) is 20.2 Å². The summed E-state index contributed by atoms with van der Waals surface area (Å²) in [5.41, 5.74) is 7.73. The summed E-state index contributed by atoms with van der Waals surface area (Å²) >= 11 is 0. The first-order valence-corrected chi connectivity index (χ1v) is 7.41. The maximum Gasteiger partial charge on any atom is 0.242 e. The Labute approximate surface area is 125 Å². The second-order valence-corrected chi connectivity index (χ2v) is 4.96. The van der Waals surface area contributed by atoms with Crippen LogP contribution in [0.15, 0.2) is 24.5 Å². The topological polar surface area (TPSA) is 89.6 Å². The van der Waals surface area contributed by atoms with E-state index in [9.17, 15) is 0 Å². The van der Waals surface area contributed by atoms with Crippen molar-refractivity contribution in [3.05, 3.63) is 35.8 Å². The quantitative estimate of drug-likeness (QED) is 0.723. The van der Waals surface area contributed by atoms with Crippen molar-refractivity contribution in [2.75, 3.05) is 17.6 Å². The number of nitrogens with one attached hydrogen (secondary N) is 1. The third-order valence-electron chi connectivity index (χ3n) is 3.20. The number of nitrogens with two attached hydrogens (primary N) is 1. The molecule has 0 aliphatic carbocycles. The van der Waals surface area contributed by atoms with Gasteiger partial charge in [-0.25, -0.2) is 0 Å². The molecule has 0 aromatic carbocycles. The Hall–Kier alpha value is -2.24. The fourth-order valence-corrected chi connectivity index (χ4v) is 2.06. The van der Waals surface area contributed by atoms with E-state index in [-0.39, 0.29) is 5.95 Å². The highest BCUT2D eigenvalue weighted by Gasteiger charge is 2.07. The monoisotopic (exact) mass is 286 g/mol. The molecule has 0 amide bonds. The summed E-state index contributed by atoms with van der Waals surface area (Å²) in [5, 5.41) is 11.3. The maximum atomic E-state index is 5.62. The normalized spacial score (nSPS) is 10.5. The number of anilines is 2. The van der Waals surface area contributed by atoms with Gasteiger partial charge >= 0.3 is 0 Å². The summed E-state index contributed by atoms with van der Waals surface area (Å²) < 4.78 is 0. The van der Waals surface area contributed by atoms with E-state index in [2.05, 4.69) is 38.5 Å². The Morgan fingerprint density at radius 1 is 1.19 bits per heavy atom. The van der Waals surface area contributed by atoms with Gasteiger partial charge in [0.05, 0.1) is 0 Å². The van der Waals surface area contributed by atoms with Crippen molar-refractivity contribution in [2.24, 2.45) is 0 Å². The Bertz CT molecular complexity index is 543. The summed E-state index contributed by atoms with van der Waals surface area (Å²) in [7, 11) is 0. The molecule has 2 heterocycles. The number of hydrogen-bond donors (Lipinski definition) is 2. The molecule has 0 spiro atoms. The van der Waals surface area contributed by atoms with Gasteiger partial charge in [-0.3, -0.25) is 4.98 Å². The number of aromatic nitrogens is 4. The van der Waals surface area contributed by atoms with Gasteiger partial charge < -0.3 is 11.1 Å². The number of pyridine rings is 1. The van der Waals surface area contributed by atoms with E-state index in [0.717, 1.165) is 50.2 Å². The molecule has 0 bridgehead atoms. The highest BCUT2D eigenvalue weighted by atomic mass is 15.2. The molecule has 0 radical (unpaired) electrons. The zero-order valence-corrected chi connectivity index (χ0v) is 12.4. The lowest BCUT2D eigenvalue weighted by atomic mass is 10.1. The summed E-state index contributed by atoms with van der Waals surface area (Å²) in [6, 6.07) is 4.04. The molecule has 6 nitrogen and oxygen atoms in total. The zero-order chi connectivity index (χ0) is 14.9. The van der Waals surface area contributed by atoms with E-state index in [0.29, 0.717) is 0 Å². The van der Waals surface area contributed by atoms with E-state index >= 15 is 0 Å². The molecule has 3 N–H and O–H groups in total. The summed E-state index contributed by atoms with van der Waals surface area (Å²) in [5.74, 6) is 0.979. The fourth-order valence-electron chi connectivity index (χ4n) is 2.06. The second-order valence-electron chi connectivity index (χ2n) is 4.96. The third-order valence-corrected chi connectivity index (χ3v) is 3.20. The summed E-state index contributed by atoms with van der Waals surface area (Å²) in [6.45, 7) is 3.04. The lowest BCUT2D eigenvalue weighted by Gasteiger charge is -2.09. The second kappa shape index (κ2) is 8.14. The number of unbranched alkanes of at least 4 members (excludes halogenated alkanes) is 1. The number of rotatable bonds is 8. The molecular weight excluding hydrogens is 264 g/mol. The minimum Gasteiger partial charge on any atom is -0.368 e. The summed E-state index contributed by atoms with van der Waals surface area (Å²) in [4.78, 5) is 8.37. The first-order valence-electron chi connectivity index (χ1n) is 7.41. The highest BCUT2D eigenvalue weighted by Crippen LogP contribution is 2.13. The van der Waals surface area contributed by atoms with Gasteiger partial charge in [0.25, 0.3) is 0 Å². The van der Waals surface area contributed by atoms with Gasteiger partial charge in [0.2, 0.25) is 5.95 Å². The minimum atomic E-state index is 0.213. The van der Waals surface area contributed by atoms with Gasteiger partial charge in [0.15, 0.2) is 5.82 Å². The third kappa shape index (κ3) is 4.98. The first kappa shape index (κ1) is 15.2. The summed E-state index contributed by atoms with van der Waals surface area (Å²) in [6.07, 6.45) is 8.69. The predicted molar refractivity (Wildman–Crippen MR) is 83.9 cm³/mol. The molecule has 21 heavy (non-hydrogen) atoms. The molecule has 6 heteroatoms. The van der Waals surface area contributed by atoms with Gasteiger partial charge in [0, 0.05) is 18.9 Å². The number of hydrogen-bond acceptors (Lipinski definition) is 6. The van der Waals surface area contributed by atoms with E-state index in [1.54, 1.807) is 6.20 Å². The average Bonchev–Trinajstić information content (AvgIpc) is 2.51. The highest BCUT2D eigenvalue weighted by molar-refractivity contribution is 5.42. The van der Waals surface area contributed by atoms with Crippen molar-refractivity contribution in [3.63, 3.8) is 0 Å². The Morgan fingerprint density at radius 3 is 2.86 bits per heavy atom. The lowest BCUT2D eigenvalue weighted by Crippen LogP contribution is -2.11. The molecule has 2 aromatic heterocycles. The SMILES string of the molecule is CCCCNc1nc(N)nnc1CCCc1cccnc1. The van der Waals surface area contributed by atoms with Crippen LogP contribution in [0.25, 0.3) is 0 Å². The van der Waals surface area contributed by atoms with Crippen LogP contribution in [-0.2, 0) is 12.8 Å². The standard InChI is InChI=1S/C15H22N6/c1-2-3-10-18-14-13(20-21-15(16)19-14)8-4-6-12-7-5-9-17-11-12/h5,7,9,11H,2-4,6,8,10H2,1H3,(H3,16,18,19,21). The van der Waals surface area contributed by atoms with E-state index < -0.39 is 0 Å². The van der Waals surface area contributed by atoms with E-state index in [1.807, 2.05) is 12.3 Å². The minimum absolute atomic E-state index is 0.213. The van der Waals surface area contributed by atoms with Crippen molar-refractivity contribution in [2.45, 2.75) is 39.0 Å². The zero-order valence-electron chi connectivity index (χ0n) is 12.4. The molecule has 0 aliphatic rings. The predicted octanol–water partition coefficient (Wildman–Crippen LogP) is 2.24. The van der Waals surface area contributed by atoms with Crippen LogP contribution in [0, 0.1) is 0 Å². The first-order chi connectivity index (χ1) is 10.3. The van der Waals surface area contributed by atoms with Gasteiger partial charge in [-0.1, -0.05) is 19.4 Å². The molecular formula is C15H22N6. The molecule has 2 aromatic rings. The Morgan fingerprint density at radius 2 is 2.10 bits per heavy atom. The van der Waals surface area contributed by atoms with Gasteiger partial charge in [-0.15, -0.1) is 10.2 Å². The van der Waals surface area contributed by atoms with E-state index in [4.69, 9.17) is 5.73 Å². The molecule has 0 aliphatic heterocycles. The molecule has 0 unspecified atom stereocenters. The smallest absolute Gasteiger partial charge is 0.242 e. The van der Waals surface area contributed by atoms with Crippen molar-refractivity contribution in [1.29, 1.82) is 0 Å². The average molecular weight is 286 g/mol. The Balaban J connectivity index is 1.92. The van der Waals surface area contributed by atoms with Crippen LogP contribution in [0.2, 0.25) is 0 Å². The molecule has 0 saturated carbocycles. The number of nitrogens with zero attached hydrogens (tertiary/aromatic N) is 4. The van der Waals surface area contributed by atoms with Gasteiger partial charge in [0.1, 0.15) is 5.69 Å². The fraction of sp³-hybridized carbons (Fsp3) is 0.467. The van der Waals surface area contributed by atoms with Crippen molar-refractivity contribution >= 4 is 11.8 Å². The maximum absolute atomic E-state index is 5.62. The van der Waals surface area contributed by atoms with Crippen molar-refractivity contribution < 1.29 is 0 Å². The van der Waals surface area contributed by atoms with Crippen LogP contribution in [0.4, 0.5) is 11.8 Å². The van der Waals surface area contributed by atoms with Crippen LogP contribution >= 0.6 is 0 Å². The largest absolute Gasteiger partial charge is 0.368 e. The molecule has 112 valence electrons. The van der Waals surface area contributed by atoms with Crippen LogP contribution in [0.1, 0.15) is 37.4 Å². The lowest BCUT2D eigenvalue weighted by molar-refractivity contribution is 0.762. The van der Waals surface area contributed by atoms with E-state index in [1.165, 1.54) is 5.56 Å². The molecule has 0 fully saturated rings.